The highest BCUT2D eigenvalue weighted by molar-refractivity contribution is 5.49. The number of aryl methyl sites for hydroxylation is 1. The van der Waals surface area contributed by atoms with Gasteiger partial charge in [-0.25, -0.2) is 0 Å². The first-order chi connectivity index (χ1) is 5.92. The van der Waals surface area contributed by atoms with Gasteiger partial charge in [0.2, 0.25) is 6.41 Å². The van der Waals surface area contributed by atoms with Crippen molar-refractivity contribution in [2.45, 2.75) is 18.9 Å². The number of hydrogen-bond donors (Lipinski definition) is 1. The Kier molecular flexibility index (Phi) is 1.82. The molecule has 1 aromatic carbocycles. The number of amides is 1. The number of fused-ring (bicyclic) bond motifs is 1. The molecule has 1 aliphatic carbocycles. The van der Waals surface area contributed by atoms with Crippen molar-refractivity contribution in [3.63, 3.8) is 0 Å². The minimum atomic E-state index is 0.249. The molecule has 0 aromatic heterocycles. The molecule has 0 saturated heterocycles. The fourth-order valence-corrected chi connectivity index (χ4v) is 1.81. The summed E-state index contributed by atoms with van der Waals surface area (Å²) < 4.78 is 0. The molecular formula is C10H11NO. The van der Waals surface area contributed by atoms with Crippen molar-refractivity contribution in [1.29, 1.82) is 0 Å². The Hall–Kier alpha value is -1.31. The fraction of sp³-hybridized carbons (Fsp3) is 0.300. The van der Waals surface area contributed by atoms with Crippen molar-refractivity contribution in [1.82, 2.24) is 5.32 Å². The van der Waals surface area contributed by atoms with Crippen LogP contribution in [0.5, 0.6) is 0 Å². The Bertz CT molecular complexity index is 296. The molecule has 2 rings (SSSR count). The topological polar surface area (TPSA) is 29.1 Å². The van der Waals surface area contributed by atoms with Crippen LogP contribution in [-0.4, -0.2) is 6.41 Å². The molecule has 1 amide bonds. The van der Waals surface area contributed by atoms with E-state index in [1.807, 2.05) is 12.1 Å². The fourth-order valence-electron chi connectivity index (χ4n) is 1.81. The van der Waals surface area contributed by atoms with E-state index in [-0.39, 0.29) is 6.04 Å². The summed E-state index contributed by atoms with van der Waals surface area (Å²) in [5, 5.41) is 2.82. The van der Waals surface area contributed by atoms with Crippen LogP contribution in [-0.2, 0) is 11.2 Å². The van der Waals surface area contributed by atoms with Crippen LogP contribution in [0.25, 0.3) is 0 Å². The van der Waals surface area contributed by atoms with Crippen molar-refractivity contribution in [3.05, 3.63) is 35.4 Å². The maximum Gasteiger partial charge on any atom is 0.207 e. The maximum absolute atomic E-state index is 10.3. The van der Waals surface area contributed by atoms with E-state index in [1.54, 1.807) is 0 Å². The summed E-state index contributed by atoms with van der Waals surface area (Å²) in [4.78, 5) is 10.3. The van der Waals surface area contributed by atoms with Crippen LogP contribution in [0, 0.1) is 0 Å². The molecule has 0 unspecified atom stereocenters. The van der Waals surface area contributed by atoms with Crippen molar-refractivity contribution in [3.8, 4) is 0 Å². The Balaban J connectivity index is 2.29. The quantitative estimate of drug-likeness (QED) is 0.653. The second-order valence-corrected chi connectivity index (χ2v) is 3.07. The van der Waals surface area contributed by atoms with Gasteiger partial charge in [0.25, 0.3) is 0 Å². The minimum Gasteiger partial charge on any atom is -0.352 e. The molecule has 0 radical (unpaired) electrons. The average Bonchev–Trinajstić information content (AvgIpc) is 2.50. The predicted octanol–water partition coefficient (Wildman–Crippen LogP) is 1.42. The van der Waals surface area contributed by atoms with Gasteiger partial charge in [-0.3, -0.25) is 4.79 Å². The van der Waals surface area contributed by atoms with Crippen molar-refractivity contribution in [2.75, 3.05) is 0 Å². The number of nitrogens with one attached hydrogen (secondary N) is 1. The molecule has 0 bridgehead atoms. The molecule has 0 spiro atoms. The number of rotatable bonds is 2. The number of carbonyl (C=O) groups excluding carboxylic acids is 1. The smallest absolute Gasteiger partial charge is 0.207 e. The zero-order valence-electron chi connectivity index (χ0n) is 6.79. The van der Waals surface area contributed by atoms with Crippen molar-refractivity contribution in [2.24, 2.45) is 0 Å². The van der Waals surface area contributed by atoms with E-state index in [0.717, 1.165) is 19.3 Å². The maximum atomic E-state index is 10.3. The van der Waals surface area contributed by atoms with E-state index in [2.05, 4.69) is 17.4 Å². The highest BCUT2D eigenvalue weighted by atomic mass is 16.1. The molecule has 1 atom stereocenters. The molecule has 0 saturated carbocycles. The van der Waals surface area contributed by atoms with Crippen molar-refractivity contribution < 1.29 is 4.79 Å². The van der Waals surface area contributed by atoms with E-state index >= 15 is 0 Å². The lowest BCUT2D eigenvalue weighted by molar-refractivity contribution is -0.110. The molecule has 2 nitrogen and oxygen atoms in total. The van der Waals surface area contributed by atoms with Gasteiger partial charge in [-0.2, -0.15) is 0 Å². The highest BCUT2D eigenvalue weighted by Crippen LogP contribution is 2.29. The minimum absolute atomic E-state index is 0.249. The van der Waals surface area contributed by atoms with Crippen LogP contribution >= 0.6 is 0 Å². The van der Waals surface area contributed by atoms with Crippen LogP contribution in [0.15, 0.2) is 24.3 Å². The molecule has 0 heterocycles. The molecule has 12 heavy (non-hydrogen) atoms. The summed E-state index contributed by atoms with van der Waals surface area (Å²) in [6.45, 7) is 0. The van der Waals surface area contributed by atoms with Crippen LogP contribution in [0.3, 0.4) is 0 Å². The lowest BCUT2D eigenvalue weighted by Gasteiger charge is -2.08. The normalized spacial score (nSPS) is 20.2. The van der Waals surface area contributed by atoms with Gasteiger partial charge >= 0.3 is 0 Å². The largest absolute Gasteiger partial charge is 0.352 e. The highest BCUT2D eigenvalue weighted by Gasteiger charge is 2.20. The number of benzene rings is 1. The van der Waals surface area contributed by atoms with E-state index in [0.29, 0.717) is 0 Å². The third-order valence-electron chi connectivity index (χ3n) is 2.40. The zero-order valence-corrected chi connectivity index (χ0v) is 6.79. The molecule has 1 N–H and O–H groups in total. The molecular weight excluding hydrogens is 150 g/mol. The first-order valence-corrected chi connectivity index (χ1v) is 4.19. The molecule has 0 aliphatic heterocycles. The summed E-state index contributed by atoms with van der Waals surface area (Å²) in [7, 11) is 0. The Morgan fingerprint density at radius 1 is 1.42 bits per heavy atom. The average molecular weight is 161 g/mol. The molecule has 1 aromatic rings. The van der Waals surface area contributed by atoms with Gasteiger partial charge in [0.05, 0.1) is 6.04 Å². The Morgan fingerprint density at radius 2 is 2.25 bits per heavy atom. The third-order valence-corrected chi connectivity index (χ3v) is 2.40. The standard InChI is InChI=1S/C10H11NO/c12-7-11-10-6-5-8-3-1-2-4-9(8)10/h1-4,7,10H,5-6H2,(H,11,12)/t10-/m1/s1. The van der Waals surface area contributed by atoms with Crippen molar-refractivity contribution >= 4 is 6.41 Å². The van der Waals surface area contributed by atoms with Gasteiger partial charge in [0.1, 0.15) is 0 Å². The summed E-state index contributed by atoms with van der Waals surface area (Å²) in [5.74, 6) is 0. The van der Waals surface area contributed by atoms with Crippen LogP contribution in [0.1, 0.15) is 23.6 Å². The molecule has 1 aliphatic rings. The molecule has 62 valence electrons. The summed E-state index contributed by atoms with van der Waals surface area (Å²) in [6.07, 6.45) is 2.91. The first kappa shape index (κ1) is 7.35. The second kappa shape index (κ2) is 2.97. The zero-order chi connectivity index (χ0) is 8.39. The van der Waals surface area contributed by atoms with E-state index in [4.69, 9.17) is 0 Å². The van der Waals surface area contributed by atoms with Crippen LogP contribution in [0.2, 0.25) is 0 Å². The lowest BCUT2D eigenvalue weighted by Crippen LogP contribution is -2.16. The van der Waals surface area contributed by atoms with Crippen LogP contribution < -0.4 is 5.32 Å². The molecule has 0 fully saturated rings. The van der Waals surface area contributed by atoms with Gasteiger partial charge < -0.3 is 5.32 Å². The van der Waals surface area contributed by atoms with E-state index in [9.17, 15) is 4.79 Å². The van der Waals surface area contributed by atoms with Gasteiger partial charge in [0, 0.05) is 0 Å². The lowest BCUT2D eigenvalue weighted by atomic mass is 10.1. The van der Waals surface area contributed by atoms with Gasteiger partial charge in [0.15, 0.2) is 0 Å². The summed E-state index contributed by atoms with van der Waals surface area (Å²) in [6, 6.07) is 8.52. The van der Waals surface area contributed by atoms with Crippen LogP contribution in [0.4, 0.5) is 0 Å². The van der Waals surface area contributed by atoms with Gasteiger partial charge in [-0.05, 0) is 24.0 Å². The number of carbonyl (C=O) groups is 1. The van der Waals surface area contributed by atoms with E-state index in [1.165, 1.54) is 11.1 Å². The summed E-state index contributed by atoms with van der Waals surface area (Å²) in [5.41, 5.74) is 2.65. The third kappa shape index (κ3) is 1.09. The summed E-state index contributed by atoms with van der Waals surface area (Å²) >= 11 is 0. The second-order valence-electron chi connectivity index (χ2n) is 3.07. The predicted molar refractivity (Wildman–Crippen MR) is 46.7 cm³/mol. The monoisotopic (exact) mass is 161 g/mol. The number of hydrogen-bond acceptors (Lipinski definition) is 1. The Morgan fingerprint density at radius 3 is 3.08 bits per heavy atom. The van der Waals surface area contributed by atoms with Gasteiger partial charge in [-0.15, -0.1) is 0 Å². The van der Waals surface area contributed by atoms with E-state index < -0.39 is 0 Å². The Labute approximate surface area is 71.6 Å². The van der Waals surface area contributed by atoms with Gasteiger partial charge in [-0.1, -0.05) is 24.3 Å². The molecule has 2 heteroatoms. The SMILES string of the molecule is O=CN[C@@H]1CCc2ccccc21. The first-order valence-electron chi connectivity index (χ1n) is 4.19.